The molecule has 0 unspecified atom stereocenters. The molecule has 0 amide bonds. The van der Waals surface area contributed by atoms with Crippen LogP contribution in [0, 0.1) is 5.92 Å². The molecule has 2 aliphatic rings. The molecule has 2 heteroatoms. The molecule has 0 heterocycles. The quantitative estimate of drug-likeness (QED) is 0.573. The van der Waals surface area contributed by atoms with Crippen LogP contribution in [0.2, 0.25) is 0 Å². The topological polar surface area (TPSA) is 20.3 Å². The van der Waals surface area contributed by atoms with E-state index < -0.39 is 0 Å². The van der Waals surface area contributed by atoms with Gasteiger partial charge in [0.1, 0.15) is 5.78 Å². The lowest BCUT2D eigenvalue weighted by Crippen LogP contribution is -2.29. The molecule has 0 bridgehead atoms. The van der Waals surface area contributed by atoms with Crippen LogP contribution in [0.3, 0.4) is 0 Å². The highest BCUT2D eigenvalue weighted by Crippen LogP contribution is 2.34. The zero-order valence-electron chi connectivity index (χ0n) is 9.87. The lowest BCUT2D eigenvalue weighted by molar-refractivity contribution is -0.117. The van der Waals surface area contributed by atoms with Crippen LogP contribution in [0.4, 0.5) is 0 Å². The van der Waals surface area contributed by atoms with Gasteiger partial charge in [-0.3, -0.25) is 0 Å². The zero-order valence-corrected chi connectivity index (χ0v) is 9.87. The van der Waals surface area contributed by atoms with Gasteiger partial charge >= 0.3 is 0 Å². The maximum atomic E-state index is 10.8. The summed E-state index contributed by atoms with van der Waals surface area (Å²) < 4.78 is 0. The third kappa shape index (κ3) is 4.33. The number of hydrogen-bond donors (Lipinski definition) is 0. The van der Waals surface area contributed by atoms with E-state index in [4.69, 9.17) is 0 Å². The average Bonchev–Trinajstić information content (AvgIpc) is 3.00. The van der Waals surface area contributed by atoms with Crippen molar-refractivity contribution in [3.63, 3.8) is 0 Å². The number of carbonyl (C=O) groups is 1. The molecule has 2 saturated carbocycles. The van der Waals surface area contributed by atoms with Gasteiger partial charge in [-0.05, 0) is 57.9 Å². The molecule has 2 rings (SSSR count). The maximum Gasteiger partial charge on any atom is 0.129 e. The van der Waals surface area contributed by atoms with Gasteiger partial charge in [-0.2, -0.15) is 0 Å². The summed E-state index contributed by atoms with van der Waals surface area (Å²) in [5, 5.41) is 0. The molecule has 0 atom stereocenters. The van der Waals surface area contributed by atoms with E-state index in [2.05, 4.69) is 4.90 Å². The van der Waals surface area contributed by atoms with Gasteiger partial charge in [0.2, 0.25) is 0 Å². The third-order valence-electron chi connectivity index (χ3n) is 3.48. The molecular weight excluding hydrogens is 186 g/mol. The Balaban J connectivity index is 1.58. The fraction of sp³-hybridized carbons (Fsp3) is 0.923. The number of nitrogens with zero attached hydrogens (tertiary/aromatic N) is 1. The lowest BCUT2D eigenvalue weighted by atomic mass is 10.2. The zero-order chi connectivity index (χ0) is 10.7. The van der Waals surface area contributed by atoms with E-state index in [9.17, 15) is 4.79 Å². The number of carbonyl (C=O) groups excluding carboxylic acids is 1. The smallest absolute Gasteiger partial charge is 0.129 e. The Morgan fingerprint density at radius 3 is 2.47 bits per heavy atom. The summed E-state index contributed by atoms with van der Waals surface area (Å²) in [6.07, 6.45) is 8.82. The average molecular weight is 209 g/mol. The second-order valence-electron chi connectivity index (χ2n) is 5.33. The van der Waals surface area contributed by atoms with Gasteiger partial charge in [-0.1, -0.05) is 0 Å². The van der Waals surface area contributed by atoms with Crippen LogP contribution in [-0.4, -0.2) is 29.8 Å². The molecule has 0 spiro atoms. The Hall–Kier alpha value is -0.370. The van der Waals surface area contributed by atoms with Crippen LogP contribution in [-0.2, 0) is 4.79 Å². The van der Waals surface area contributed by atoms with Crippen molar-refractivity contribution in [2.75, 3.05) is 13.1 Å². The maximum absolute atomic E-state index is 10.8. The van der Waals surface area contributed by atoms with E-state index in [1.807, 2.05) is 0 Å². The van der Waals surface area contributed by atoms with Crippen molar-refractivity contribution in [3.8, 4) is 0 Å². The van der Waals surface area contributed by atoms with Gasteiger partial charge in [-0.25, -0.2) is 0 Å². The first-order valence-corrected chi connectivity index (χ1v) is 6.49. The molecule has 2 aliphatic carbocycles. The van der Waals surface area contributed by atoms with Gasteiger partial charge < -0.3 is 9.69 Å². The second-order valence-corrected chi connectivity index (χ2v) is 5.33. The van der Waals surface area contributed by atoms with Gasteiger partial charge in [0, 0.05) is 19.0 Å². The second kappa shape index (κ2) is 5.11. The fourth-order valence-electron chi connectivity index (χ4n) is 2.18. The number of ketones is 1. The van der Waals surface area contributed by atoms with E-state index >= 15 is 0 Å². The van der Waals surface area contributed by atoms with E-state index in [0.717, 1.165) is 24.8 Å². The minimum absolute atomic E-state index is 0.343. The van der Waals surface area contributed by atoms with Crippen molar-refractivity contribution in [1.29, 1.82) is 0 Å². The lowest BCUT2D eigenvalue weighted by Gasteiger charge is -2.21. The van der Waals surface area contributed by atoms with Gasteiger partial charge in [-0.15, -0.1) is 0 Å². The summed E-state index contributed by atoms with van der Waals surface area (Å²) in [5.74, 6) is 1.36. The van der Waals surface area contributed by atoms with Crippen molar-refractivity contribution in [2.24, 2.45) is 5.92 Å². The molecule has 0 N–H and O–H groups in total. The molecule has 2 fully saturated rings. The molecule has 15 heavy (non-hydrogen) atoms. The van der Waals surface area contributed by atoms with Crippen LogP contribution >= 0.6 is 0 Å². The van der Waals surface area contributed by atoms with Crippen molar-refractivity contribution in [3.05, 3.63) is 0 Å². The highest BCUT2D eigenvalue weighted by Gasteiger charge is 2.32. The Morgan fingerprint density at radius 2 is 1.93 bits per heavy atom. The number of Topliss-reactive ketones (excluding diaryl/α,β-unsaturated/α-hetero) is 1. The number of unbranched alkanes of at least 4 members (excludes halogenated alkanes) is 1. The highest BCUT2D eigenvalue weighted by atomic mass is 16.1. The van der Waals surface area contributed by atoms with E-state index in [1.54, 1.807) is 6.92 Å². The Bertz CT molecular complexity index is 219. The van der Waals surface area contributed by atoms with Crippen LogP contribution < -0.4 is 0 Å². The van der Waals surface area contributed by atoms with E-state index in [1.165, 1.54) is 45.2 Å². The van der Waals surface area contributed by atoms with Crippen molar-refractivity contribution < 1.29 is 4.79 Å². The molecule has 0 aromatic rings. The molecule has 2 nitrogen and oxygen atoms in total. The molecular formula is C13H23NO. The first-order valence-electron chi connectivity index (χ1n) is 6.49. The van der Waals surface area contributed by atoms with Crippen LogP contribution in [0.1, 0.15) is 51.9 Å². The predicted octanol–water partition coefficient (Wildman–Crippen LogP) is 2.62. The molecule has 0 aliphatic heterocycles. The van der Waals surface area contributed by atoms with Crippen molar-refractivity contribution in [2.45, 2.75) is 57.9 Å². The first-order chi connectivity index (χ1) is 7.25. The standard InChI is InChI=1S/C13H23NO/c1-11(15)4-2-3-9-14(13-7-8-13)10-12-5-6-12/h12-13H,2-10H2,1H3. The molecule has 0 radical (unpaired) electrons. The van der Waals surface area contributed by atoms with E-state index in [0.29, 0.717) is 5.78 Å². The largest absolute Gasteiger partial charge is 0.300 e. The Kier molecular flexibility index (Phi) is 3.79. The molecule has 86 valence electrons. The van der Waals surface area contributed by atoms with Crippen LogP contribution in [0.25, 0.3) is 0 Å². The van der Waals surface area contributed by atoms with Gasteiger partial charge in [0.05, 0.1) is 0 Å². The summed E-state index contributed by atoms with van der Waals surface area (Å²) in [7, 11) is 0. The summed E-state index contributed by atoms with van der Waals surface area (Å²) in [5.41, 5.74) is 0. The normalized spacial score (nSPS) is 20.9. The Morgan fingerprint density at radius 1 is 1.20 bits per heavy atom. The number of rotatable bonds is 8. The molecule has 0 aromatic carbocycles. The molecule has 0 saturated heterocycles. The fourth-order valence-corrected chi connectivity index (χ4v) is 2.18. The highest BCUT2D eigenvalue weighted by molar-refractivity contribution is 5.75. The van der Waals surface area contributed by atoms with Crippen LogP contribution in [0.5, 0.6) is 0 Å². The van der Waals surface area contributed by atoms with Gasteiger partial charge in [0.25, 0.3) is 0 Å². The minimum Gasteiger partial charge on any atom is -0.300 e. The summed E-state index contributed by atoms with van der Waals surface area (Å²) in [6, 6.07) is 0.905. The minimum atomic E-state index is 0.343. The summed E-state index contributed by atoms with van der Waals surface area (Å²) >= 11 is 0. The van der Waals surface area contributed by atoms with Crippen molar-refractivity contribution >= 4 is 5.78 Å². The number of hydrogen-bond acceptors (Lipinski definition) is 2. The Labute approximate surface area is 93.0 Å². The SMILES string of the molecule is CC(=O)CCCCN(CC1CC1)C1CC1. The first kappa shape index (κ1) is 11.1. The summed E-state index contributed by atoms with van der Waals surface area (Å²) in [4.78, 5) is 13.5. The van der Waals surface area contributed by atoms with E-state index in [-0.39, 0.29) is 0 Å². The molecule has 0 aromatic heterocycles. The van der Waals surface area contributed by atoms with Crippen molar-refractivity contribution in [1.82, 2.24) is 4.90 Å². The predicted molar refractivity (Wildman–Crippen MR) is 61.9 cm³/mol. The monoisotopic (exact) mass is 209 g/mol. The third-order valence-corrected chi connectivity index (χ3v) is 3.48. The summed E-state index contributed by atoms with van der Waals surface area (Å²) in [6.45, 7) is 4.27. The van der Waals surface area contributed by atoms with Gasteiger partial charge in [0.15, 0.2) is 0 Å². The van der Waals surface area contributed by atoms with Crippen LogP contribution in [0.15, 0.2) is 0 Å².